The first-order chi connectivity index (χ1) is 12.6. The SMILES string of the molecule is O=C1NCCCCC1N(Cc1ccccc1F)C(=O)c1cccc(Br)c1. The van der Waals surface area contributed by atoms with E-state index < -0.39 is 6.04 Å². The highest BCUT2D eigenvalue weighted by Gasteiger charge is 2.32. The Hall–Kier alpha value is -2.21. The van der Waals surface area contributed by atoms with Gasteiger partial charge in [0.05, 0.1) is 0 Å². The van der Waals surface area contributed by atoms with E-state index >= 15 is 0 Å². The van der Waals surface area contributed by atoms with Crippen LogP contribution in [0, 0.1) is 5.82 Å². The first-order valence-electron chi connectivity index (χ1n) is 8.64. The molecule has 2 amide bonds. The summed E-state index contributed by atoms with van der Waals surface area (Å²) in [6.45, 7) is 0.657. The first kappa shape index (κ1) is 18.6. The van der Waals surface area contributed by atoms with Crippen LogP contribution < -0.4 is 5.32 Å². The number of benzene rings is 2. The van der Waals surface area contributed by atoms with Gasteiger partial charge in [-0.05, 0) is 43.5 Å². The summed E-state index contributed by atoms with van der Waals surface area (Å²) in [5.41, 5.74) is 0.862. The van der Waals surface area contributed by atoms with Crippen LogP contribution in [0.25, 0.3) is 0 Å². The Balaban J connectivity index is 1.96. The smallest absolute Gasteiger partial charge is 0.254 e. The Kier molecular flexibility index (Phi) is 6.04. The van der Waals surface area contributed by atoms with Gasteiger partial charge in [0.2, 0.25) is 5.91 Å². The van der Waals surface area contributed by atoms with Crippen LogP contribution in [0.4, 0.5) is 4.39 Å². The van der Waals surface area contributed by atoms with E-state index in [1.807, 2.05) is 6.07 Å². The minimum Gasteiger partial charge on any atom is -0.354 e. The summed E-state index contributed by atoms with van der Waals surface area (Å²) in [7, 11) is 0. The molecule has 136 valence electrons. The largest absolute Gasteiger partial charge is 0.354 e. The van der Waals surface area contributed by atoms with Gasteiger partial charge in [-0.2, -0.15) is 0 Å². The molecule has 1 aliphatic heterocycles. The summed E-state index contributed by atoms with van der Waals surface area (Å²) in [6, 6.07) is 12.8. The van der Waals surface area contributed by atoms with Gasteiger partial charge in [0, 0.05) is 28.7 Å². The van der Waals surface area contributed by atoms with E-state index in [1.165, 1.54) is 11.0 Å². The third-order valence-electron chi connectivity index (χ3n) is 4.51. The molecule has 1 unspecified atom stereocenters. The van der Waals surface area contributed by atoms with E-state index in [1.54, 1.807) is 36.4 Å². The predicted octanol–water partition coefficient (Wildman–Crippen LogP) is 3.90. The number of halogens is 2. The molecule has 0 aromatic heterocycles. The summed E-state index contributed by atoms with van der Waals surface area (Å²) >= 11 is 3.37. The number of nitrogens with zero attached hydrogens (tertiary/aromatic N) is 1. The Morgan fingerprint density at radius 1 is 1.19 bits per heavy atom. The number of hydrogen-bond acceptors (Lipinski definition) is 2. The lowest BCUT2D eigenvalue weighted by molar-refractivity contribution is -0.125. The van der Waals surface area contributed by atoms with Crippen LogP contribution in [-0.2, 0) is 11.3 Å². The standard InChI is InChI=1S/C20H20BrFN2O2/c21-16-8-5-7-14(12-16)20(26)24(13-15-6-1-2-9-17(15)22)18-10-3-4-11-23-19(18)25/h1-2,5-9,12,18H,3-4,10-11,13H2,(H,23,25). The molecule has 0 bridgehead atoms. The van der Waals surface area contributed by atoms with Gasteiger partial charge in [-0.25, -0.2) is 4.39 Å². The zero-order valence-electron chi connectivity index (χ0n) is 14.3. The molecule has 0 spiro atoms. The number of carbonyl (C=O) groups is 2. The van der Waals surface area contributed by atoms with Crippen LogP contribution in [0.15, 0.2) is 53.0 Å². The molecule has 0 aliphatic carbocycles. The molecule has 2 aromatic rings. The summed E-state index contributed by atoms with van der Waals surface area (Å²) in [5.74, 6) is -0.840. The molecule has 1 heterocycles. The normalized spacial score (nSPS) is 17.3. The van der Waals surface area contributed by atoms with Crippen molar-refractivity contribution >= 4 is 27.7 Å². The predicted molar refractivity (Wildman–Crippen MR) is 101 cm³/mol. The number of amides is 2. The van der Waals surface area contributed by atoms with Crippen LogP contribution in [-0.4, -0.2) is 29.3 Å². The molecule has 1 saturated heterocycles. The minimum absolute atomic E-state index is 0.0517. The third-order valence-corrected chi connectivity index (χ3v) is 5.01. The van der Waals surface area contributed by atoms with E-state index in [4.69, 9.17) is 0 Å². The monoisotopic (exact) mass is 418 g/mol. The topological polar surface area (TPSA) is 49.4 Å². The van der Waals surface area contributed by atoms with Crippen LogP contribution in [0.2, 0.25) is 0 Å². The lowest BCUT2D eigenvalue weighted by Gasteiger charge is -2.30. The zero-order chi connectivity index (χ0) is 18.5. The van der Waals surface area contributed by atoms with Crippen molar-refractivity contribution in [2.24, 2.45) is 0 Å². The van der Waals surface area contributed by atoms with Crippen molar-refractivity contribution in [1.29, 1.82) is 0 Å². The van der Waals surface area contributed by atoms with E-state index in [0.717, 1.165) is 17.3 Å². The maximum Gasteiger partial charge on any atom is 0.254 e. The van der Waals surface area contributed by atoms with Gasteiger partial charge < -0.3 is 10.2 Å². The van der Waals surface area contributed by atoms with Gasteiger partial charge in [-0.15, -0.1) is 0 Å². The lowest BCUT2D eigenvalue weighted by Crippen LogP contribution is -2.48. The van der Waals surface area contributed by atoms with Crippen LogP contribution in [0.1, 0.15) is 35.2 Å². The number of rotatable bonds is 4. The first-order valence-corrected chi connectivity index (χ1v) is 9.43. The van der Waals surface area contributed by atoms with Crippen molar-refractivity contribution in [3.8, 4) is 0 Å². The van der Waals surface area contributed by atoms with Crippen molar-refractivity contribution < 1.29 is 14.0 Å². The van der Waals surface area contributed by atoms with Crippen molar-refractivity contribution in [1.82, 2.24) is 10.2 Å². The third kappa shape index (κ3) is 4.30. The van der Waals surface area contributed by atoms with Gasteiger partial charge in [-0.3, -0.25) is 9.59 Å². The van der Waals surface area contributed by atoms with Crippen LogP contribution in [0.3, 0.4) is 0 Å². The summed E-state index contributed by atoms with van der Waals surface area (Å²) in [5, 5.41) is 2.86. The molecule has 1 N–H and O–H groups in total. The van der Waals surface area contributed by atoms with Gasteiger partial charge in [0.1, 0.15) is 11.9 Å². The molecule has 26 heavy (non-hydrogen) atoms. The van der Waals surface area contributed by atoms with Gasteiger partial charge >= 0.3 is 0 Å². The van der Waals surface area contributed by atoms with Crippen molar-refractivity contribution in [3.05, 3.63) is 69.9 Å². The highest BCUT2D eigenvalue weighted by atomic mass is 79.9. The Labute approximate surface area is 160 Å². The molecular formula is C20H20BrFN2O2. The fraction of sp³-hybridized carbons (Fsp3) is 0.300. The molecule has 1 aliphatic rings. The summed E-state index contributed by atoms with van der Waals surface area (Å²) in [6.07, 6.45) is 2.28. The molecule has 1 fully saturated rings. The average molecular weight is 419 g/mol. The van der Waals surface area contributed by atoms with Gasteiger partial charge in [0.15, 0.2) is 0 Å². The van der Waals surface area contributed by atoms with E-state index in [-0.39, 0.29) is 24.2 Å². The summed E-state index contributed by atoms with van der Waals surface area (Å²) in [4.78, 5) is 27.2. The second kappa shape index (κ2) is 8.45. The fourth-order valence-electron chi connectivity index (χ4n) is 3.14. The summed E-state index contributed by atoms with van der Waals surface area (Å²) < 4.78 is 15.0. The highest BCUT2D eigenvalue weighted by Crippen LogP contribution is 2.22. The van der Waals surface area contributed by atoms with Gasteiger partial charge in [-0.1, -0.05) is 40.2 Å². The molecule has 3 rings (SSSR count). The zero-order valence-corrected chi connectivity index (χ0v) is 15.8. The Morgan fingerprint density at radius 3 is 2.77 bits per heavy atom. The maximum absolute atomic E-state index is 14.2. The van der Waals surface area contributed by atoms with Crippen LogP contribution in [0.5, 0.6) is 0 Å². The second-order valence-electron chi connectivity index (χ2n) is 6.34. The average Bonchev–Trinajstić information content (AvgIpc) is 2.85. The van der Waals surface area contributed by atoms with Crippen molar-refractivity contribution in [3.63, 3.8) is 0 Å². The van der Waals surface area contributed by atoms with E-state index in [9.17, 15) is 14.0 Å². The number of nitrogens with one attached hydrogen (secondary N) is 1. The quantitative estimate of drug-likeness (QED) is 0.818. The minimum atomic E-state index is -0.608. The Bertz CT molecular complexity index is 812. The molecular weight excluding hydrogens is 399 g/mol. The fourth-order valence-corrected chi connectivity index (χ4v) is 3.54. The second-order valence-corrected chi connectivity index (χ2v) is 7.25. The maximum atomic E-state index is 14.2. The molecule has 4 nitrogen and oxygen atoms in total. The van der Waals surface area contributed by atoms with Crippen molar-refractivity contribution in [2.45, 2.75) is 31.8 Å². The molecule has 0 saturated carbocycles. The van der Waals surface area contributed by atoms with E-state index in [0.29, 0.717) is 24.1 Å². The molecule has 2 aromatic carbocycles. The van der Waals surface area contributed by atoms with Crippen molar-refractivity contribution in [2.75, 3.05) is 6.54 Å². The molecule has 0 radical (unpaired) electrons. The lowest BCUT2D eigenvalue weighted by atomic mass is 10.0. The number of carbonyl (C=O) groups excluding carboxylic acids is 2. The molecule has 1 atom stereocenters. The Morgan fingerprint density at radius 2 is 2.00 bits per heavy atom. The molecule has 6 heteroatoms. The highest BCUT2D eigenvalue weighted by molar-refractivity contribution is 9.10. The van der Waals surface area contributed by atoms with E-state index in [2.05, 4.69) is 21.2 Å². The van der Waals surface area contributed by atoms with Crippen LogP contribution >= 0.6 is 15.9 Å². The number of hydrogen-bond donors (Lipinski definition) is 1. The van der Waals surface area contributed by atoms with Gasteiger partial charge in [0.25, 0.3) is 5.91 Å².